The molecule has 1 aromatic carbocycles. The van der Waals surface area contributed by atoms with Crippen LogP contribution in [0.25, 0.3) is 0 Å². The fourth-order valence-corrected chi connectivity index (χ4v) is 5.99. The summed E-state index contributed by atoms with van der Waals surface area (Å²) in [5.74, 6) is -3.19. The molecule has 0 radical (unpaired) electrons. The Kier molecular flexibility index (Phi) is 8.53. The number of nitrogens with one attached hydrogen (secondary N) is 3. The van der Waals surface area contributed by atoms with Gasteiger partial charge in [-0.1, -0.05) is 13.8 Å². The van der Waals surface area contributed by atoms with Crippen molar-refractivity contribution in [2.24, 2.45) is 0 Å². The Morgan fingerprint density at radius 1 is 0.841 bits per heavy atom. The number of aromatic nitrogens is 2. The Morgan fingerprint density at radius 2 is 1.30 bits per heavy atom. The maximum atomic E-state index is 14.4. The van der Waals surface area contributed by atoms with E-state index in [0.29, 0.717) is 11.1 Å². The molecule has 1 aliphatic heterocycles. The Labute approximate surface area is 250 Å². The van der Waals surface area contributed by atoms with Crippen LogP contribution in [-0.4, -0.2) is 63.2 Å². The van der Waals surface area contributed by atoms with Crippen LogP contribution in [0.1, 0.15) is 36.8 Å². The van der Waals surface area contributed by atoms with Gasteiger partial charge >= 0.3 is 12.4 Å². The molecule has 1 aliphatic rings. The molecule has 3 heterocycles. The number of rotatable bonds is 10. The van der Waals surface area contributed by atoms with Crippen molar-refractivity contribution in [1.29, 1.82) is 0 Å². The van der Waals surface area contributed by atoms with Gasteiger partial charge in [-0.15, -0.1) is 13.2 Å². The van der Waals surface area contributed by atoms with E-state index in [9.17, 15) is 39.6 Å². The zero-order valence-corrected chi connectivity index (χ0v) is 25.2. The first-order valence-corrected chi connectivity index (χ1v) is 16.5. The van der Waals surface area contributed by atoms with Gasteiger partial charge in [0.25, 0.3) is 5.91 Å². The van der Waals surface area contributed by atoms with Crippen LogP contribution in [0.2, 0.25) is 0 Å². The van der Waals surface area contributed by atoms with E-state index in [1.54, 1.807) is 13.8 Å². The molecule has 236 valence electrons. The van der Waals surface area contributed by atoms with Crippen LogP contribution in [0.4, 0.5) is 35.3 Å². The number of hydrogen-bond acceptors (Lipinski definition) is 9. The van der Waals surface area contributed by atoms with Crippen molar-refractivity contribution in [3.8, 4) is 5.75 Å². The van der Waals surface area contributed by atoms with Gasteiger partial charge in [-0.25, -0.2) is 36.5 Å². The van der Waals surface area contributed by atoms with Crippen LogP contribution >= 0.6 is 0 Å². The highest BCUT2D eigenvalue weighted by atomic mass is 32.2. The van der Waals surface area contributed by atoms with Crippen LogP contribution in [0.5, 0.6) is 5.75 Å². The number of imide groups is 1. The van der Waals surface area contributed by atoms with Crippen LogP contribution in [0.3, 0.4) is 0 Å². The molecule has 0 aliphatic carbocycles. The number of pyridine rings is 2. The van der Waals surface area contributed by atoms with Crippen LogP contribution < -0.4 is 24.4 Å². The van der Waals surface area contributed by atoms with E-state index in [2.05, 4.69) is 29.5 Å². The van der Waals surface area contributed by atoms with Gasteiger partial charge in [-0.3, -0.25) is 14.2 Å². The molecule has 0 saturated carbocycles. The standard InChI is InChI=1S/C26H27F3N6O7S2/c1-15(17-9-11-30-21(13-17)33-43(3,38)39)25(16(2)18-10-12-31-22(14-18)34-44(4,40)41)23(36)35(24(37)32-25)19-5-7-20(8-6-19)42-26(27,28)29/h5-16H,1-4H3,(H,30,33)(H,31,34)(H,32,37). The van der Waals surface area contributed by atoms with E-state index < -0.39 is 61.5 Å². The average Bonchev–Trinajstić information content (AvgIpc) is 3.16. The normalized spacial score (nSPS) is 18.8. The summed E-state index contributed by atoms with van der Waals surface area (Å²) in [4.78, 5) is 36.6. The third-order valence-electron chi connectivity index (χ3n) is 6.92. The van der Waals surface area contributed by atoms with Crippen molar-refractivity contribution in [1.82, 2.24) is 15.3 Å². The molecule has 13 nitrogen and oxygen atoms in total. The quantitative estimate of drug-likeness (QED) is 0.276. The Morgan fingerprint density at radius 3 is 1.70 bits per heavy atom. The predicted octanol–water partition coefficient (Wildman–Crippen LogP) is 3.52. The molecular formula is C26H27F3N6O7S2. The number of amides is 3. The molecule has 2 atom stereocenters. The summed E-state index contributed by atoms with van der Waals surface area (Å²) in [6, 6.07) is 9.11. The Hall–Kier alpha value is -4.45. The SMILES string of the molecule is CC(c1ccnc(NS(C)(=O)=O)c1)C1(C(C)c2ccnc(NS(C)(=O)=O)c2)NC(=O)N(c2ccc(OC(F)(F)F)cc2)C1=O. The summed E-state index contributed by atoms with van der Waals surface area (Å²) < 4.78 is 93.7. The lowest BCUT2D eigenvalue weighted by Crippen LogP contribution is -2.55. The molecule has 3 amide bonds. The number of nitrogens with zero attached hydrogens (tertiary/aromatic N) is 3. The fourth-order valence-electron chi connectivity index (χ4n) is 5.01. The minimum absolute atomic E-state index is 0.0444. The van der Waals surface area contributed by atoms with Crippen molar-refractivity contribution in [2.45, 2.75) is 37.6 Å². The summed E-state index contributed by atoms with van der Waals surface area (Å²) in [6.45, 7) is 3.24. The van der Waals surface area contributed by atoms with Crippen LogP contribution in [0, 0.1) is 0 Å². The van der Waals surface area contributed by atoms with Gasteiger partial charge in [0.2, 0.25) is 20.0 Å². The van der Waals surface area contributed by atoms with E-state index in [0.717, 1.165) is 41.7 Å². The minimum atomic E-state index is -4.95. The monoisotopic (exact) mass is 656 g/mol. The van der Waals surface area contributed by atoms with Gasteiger partial charge in [0.15, 0.2) is 0 Å². The summed E-state index contributed by atoms with van der Waals surface area (Å²) >= 11 is 0. The number of hydrogen-bond donors (Lipinski definition) is 3. The Bertz CT molecular complexity index is 1720. The highest BCUT2D eigenvalue weighted by molar-refractivity contribution is 7.92. The topological polar surface area (TPSA) is 177 Å². The smallest absolute Gasteiger partial charge is 0.406 e. The summed E-state index contributed by atoms with van der Waals surface area (Å²) in [7, 11) is -7.43. The molecule has 44 heavy (non-hydrogen) atoms. The van der Waals surface area contributed by atoms with Gasteiger partial charge in [0, 0.05) is 24.2 Å². The second-order valence-corrected chi connectivity index (χ2v) is 13.6. The number of halogens is 3. The highest BCUT2D eigenvalue weighted by Crippen LogP contribution is 2.45. The molecule has 2 unspecified atom stereocenters. The van der Waals surface area contributed by atoms with Crippen molar-refractivity contribution in [3.63, 3.8) is 0 Å². The molecule has 3 N–H and O–H groups in total. The number of ether oxygens (including phenoxy) is 1. The number of carbonyl (C=O) groups excluding carboxylic acids is 2. The molecule has 0 spiro atoms. The van der Waals surface area contributed by atoms with Crippen molar-refractivity contribution in [2.75, 3.05) is 26.9 Å². The molecule has 1 fully saturated rings. The van der Waals surface area contributed by atoms with E-state index in [-0.39, 0.29) is 17.3 Å². The molecular weight excluding hydrogens is 629 g/mol. The van der Waals surface area contributed by atoms with Crippen LogP contribution in [0.15, 0.2) is 60.9 Å². The summed E-state index contributed by atoms with van der Waals surface area (Å²) in [5.41, 5.74) is -1.05. The van der Waals surface area contributed by atoms with E-state index in [1.165, 1.54) is 36.7 Å². The third kappa shape index (κ3) is 7.19. The van der Waals surface area contributed by atoms with Gasteiger partial charge in [-0.2, -0.15) is 0 Å². The number of urea groups is 1. The zero-order valence-electron chi connectivity index (χ0n) is 23.6. The molecule has 4 rings (SSSR count). The van der Waals surface area contributed by atoms with E-state index in [4.69, 9.17) is 0 Å². The minimum Gasteiger partial charge on any atom is -0.406 e. The first-order valence-electron chi connectivity index (χ1n) is 12.7. The largest absolute Gasteiger partial charge is 0.573 e. The lowest BCUT2D eigenvalue weighted by molar-refractivity contribution is -0.274. The molecule has 0 bridgehead atoms. The van der Waals surface area contributed by atoms with E-state index in [1.807, 2.05) is 0 Å². The summed E-state index contributed by atoms with van der Waals surface area (Å²) in [5, 5.41) is 2.76. The second-order valence-electron chi connectivity index (χ2n) is 10.1. The third-order valence-corrected chi connectivity index (χ3v) is 8.08. The first kappa shape index (κ1) is 32.5. The number of sulfonamides is 2. The first-order chi connectivity index (χ1) is 20.3. The number of alkyl halides is 3. The summed E-state index contributed by atoms with van der Waals surface area (Å²) in [6.07, 6.45) is -0.451. The van der Waals surface area contributed by atoms with Crippen molar-refractivity contribution >= 4 is 49.3 Å². The molecule has 3 aromatic rings. The number of anilines is 3. The molecule has 18 heteroatoms. The average molecular weight is 657 g/mol. The number of carbonyl (C=O) groups is 2. The Balaban J connectivity index is 1.82. The van der Waals surface area contributed by atoms with Crippen molar-refractivity contribution in [3.05, 3.63) is 72.1 Å². The maximum absolute atomic E-state index is 14.4. The fraction of sp³-hybridized carbons (Fsp3) is 0.308. The molecule has 2 aromatic heterocycles. The van der Waals surface area contributed by atoms with Gasteiger partial charge in [0.05, 0.1) is 18.2 Å². The zero-order chi connectivity index (χ0) is 32.7. The highest BCUT2D eigenvalue weighted by Gasteiger charge is 2.58. The molecule has 1 saturated heterocycles. The second kappa shape index (κ2) is 11.6. The lowest BCUT2D eigenvalue weighted by Gasteiger charge is -2.39. The lowest BCUT2D eigenvalue weighted by atomic mass is 9.70. The van der Waals surface area contributed by atoms with Gasteiger partial charge < -0.3 is 10.1 Å². The maximum Gasteiger partial charge on any atom is 0.573 e. The van der Waals surface area contributed by atoms with Crippen LogP contribution in [-0.2, 0) is 24.8 Å². The van der Waals surface area contributed by atoms with Gasteiger partial charge in [-0.05, 0) is 59.7 Å². The van der Waals surface area contributed by atoms with E-state index >= 15 is 0 Å². The van der Waals surface area contributed by atoms with Crippen molar-refractivity contribution < 1.29 is 44.3 Å². The predicted molar refractivity (Wildman–Crippen MR) is 154 cm³/mol. The van der Waals surface area contributed by atoms with Gasteiger partial charge in [0.1, 0.15) is 22.9 Å². The number of benzene rings is 1.